The lowest BCUT2D eigenvalue weighted by molar-refractivity contribution is 0.174. The van der Waals surface area contributed by atoms with Crippen molar-refractivity contribution in [2.24, 2.45) is 0 Å². The van der Waals surface area contributed by atoms with Crippen LogP contribution in [-0.2, 0) is 0 Å². The van der Waals surface area contributed by atoms with Gasteiger partial charge in [-0.1, -0.05) is 12.8 Å². The Bertz CT molecular complexity index is 511. The lowest BCUT2D eigenvalue weighted by atomic mass is 10.2. The standard InChI is InChI=1S/C14H19N3O3/c15-10-7-12-13(20-9-19-12)8-11(10)16-14(18)17-5-3-1-2-4-6-17/h7-8H,1-6,9,15H2,(H,16,18). The molecule has 0 aromatic heterocycles. The van der Waals surface area contributed by atoms with Crippen LogP contribution in [0.1, 0.15) is 25.7 Å². The predicted molar refractivity (Wildman–Crippen MR) is 76.0 cm³/mol. The van der Waals surface area contributed by atoms with Crippen LogP contribution in [-0.4, -0.2) is 30.8 Å². The Hall–Kier alpha value is -2.11. The van der Waals surface area contributed by atoms with E-state index in [9.17, 15) is 4.79 Å². The van der Waals surface area contributed by atoms with Gasteiger partial charge in [-0.3, -0.25) is 0 Å². The summed E-state index contributed by atoms with van der Waals surface area (Å²) in [5, 5.41) is 2.86. The summed E-state index contributed by atoms with van der Waals surface area (Å²) in [7, 11) is 0. The van der Waals surface area contributed by atoms with Gasteiger partial charge in [0, 0.05) is 25.2 Å². The minimum absolute atomic E-state index is 0.0996. The number of benzene rings is 1. The van der Waals surface area contributed by atoms with Crippen molar-refractivity contribution in [2.45, 2.75) is 25.7 Å². The third-order valence-electron chi connectivity index (χ3n) is 3.68. The SMILES string of the molecule is Nc1cc2c(cc1NC(=O)N1CCCCCC1)OCO2. The molecule has 1 saturated heterocycles. The van der Waals surface area contributed by atoms with Crippen LogP contribution in [0.2, 0.25) is 0 Å². The van der Waals surface area contributed by atoms with Crippen LogP contribution in [0.4, 0.5) is 16.2 Å². The van der Waals surface area contributed by atoms with Gasteiger partial charge in [0.15, 0.2) is 11.5 Å². The molecule has 0 bridgehead atoms. The summed E-state index contributed by atoms with van der Waals surface area (Å²) in [5.41, 5.74) is 6.99. The van der Waals surface area contributed by atoms with Gasteiger partial charge in [-0.25, -0.2) is 4.79 Å². The summed E-state index contributed by atoms with van der Waals surface area (Å²) in [6.45, 7) is 1.80. The van der Waals surface area contributed by atoms with E-state index in [1.807, 2.05) is 4.90 Å². The Morgan fingerprint density at radius 1 is 1.10 bits per heavy atom. The Morgan fingerprint density at radius 2 is 1.75 bits per heavy atom. The maximum Gasteiger partial charge on any atom is 0.321 e. The van der Waals surface area contributed by atoms with Crippen molar-refractivity contribution in [3.63, 3.8) is 0 Å². The van der Waals surface area contributed by atoms with E-state index in [0.717, 1.165) is 25.9 Å². The molecule has 6 nitrogen and oxygen atoms in total. The second-order valence-corrected chi connectivity index (χ2v) is 5.12. The fourth-order valence-corrected chi connectivity index (χ4v) is 2.53. The van der Waals surface area contributed by atoms with Crippen LogP contribution in [0.3, 0.4) is 0 Å². The summed E-state index contributed by atoms with van der Waals surface area (Å²) in [4.78, 5) is 14.1. The number of hydrogen-bond acceptors (Lipinski definition) is 4. The first-order chi connectivity index (χ1) is 9.74. The molecule has 2 heterocycles. The molecule has 0 spiro atoms. The molecule has 2 aliphatic heterocycles. The lowest BCUT2D eigenvalue weighted by Gasteiger charge is -2.21. The molecule has 1 aromatic carbocycles. The Balaban J connectivity index is 1.72. The smallest absolute Gasteiger partial charge is 0.321 e. The number of anilines is 2. The van der Waals surface area contributed by atoms with Gasteiger partial charge in [0.05, 0.1) is 11.4 Å². The fourth-order valence-electron chi connectivity index (χ4n) is 2.53. The van der Waals surface area contributed by atoms with E-state index < -0.39 is 0 Å². The fraction of sp³-hybridized carbons (Fsp3) is 0.500. The largest absolute Gasteiger partial charge is 0.454 e. The lowest BCUT2D eigenvalue weighted by Crippen LogP contribution is -2.35. The number of nitrogen functional groups attached to an aromatic ring is 1. The van der Waals surface area contributed by atoms with Gasteiger partial charge in [-0.05, 0) is 12.8 Å². The van der Waals surface area contributed by atoms with Gasteiger partial charge in [0.25, 0.3) is 0 Å². The van der Waals surface area contributed by atoms with Gasteiger partial charge in [-0.15, -0.1) is 0 Å². The van der Waals surface area contributed by atoms with E-state index in [1.165, 1.54) is 12.8 Å². The number of urea groups is 1. The van der Waals surface area contributed by atoms with Crippen LogP contribution >= 0.6 is 0 Å². The van der Waals surface area contributed by atoms with Crippen LogP contribution in [0, 0.1) is 0 Å². The molecule has 0 radical (unpaired) electrons. The van der Waals surface area contributed by atoms with Gasteiger partial charge in [0.1, 0.15) is 0 Å². The maximum absolute atomic E-state index is 12.3. The van der Waals surface area contributed by atoms with Crippen LogP contribution in [0.5, 0.6) is 11.5 Å². The van der Waals surface area contributed by atoms with Crippen molar-refractivity contribution in [3.05, 3.63) is 12.1 Å². The van der Waals surface area contributed by atoms with E-state index >= 15 is 0 Å². The molecular weight excluding hydrogens is 258 g/mol. The zero-order valence-electron chi connectivity index (χ0n) is 11.4. The van der Waals surface area contributed by atoms with Crippen molar-refractivity contribution in [3.8, 4) is 11.5 Å². The molecule has 2 amide bonds. The topological polar surface area (TPSA) is 76.8 Å². The second-order valence-electron chi connectivity index (χ2n) is 5.12. The van der Waals surface area contributed by atoms with E-state index in [2.05, 4.69) is 5.32 Å². The number of nitrogens with zero attached hydrogens (tertiary/aromatic N) is 1. The maximum atomic E-state index is 12.3. The van der Waals surface area contributed by atoms with Crippen LogP contribution < -0.4 is 20.5 Å². The molecule has 3 N–H and O–H groups in total. The zero-order valence-corrected chi connectivity index (χ0v) is 11.4. The number of amides is 2. The highest BCUT2D eigenvalue weighted by Crippen LogP contribution is 2.38. The predicted octanol–water partition coefficient (Wildman–Crippen LogP) is 2.41. The third kappa shape index (κ3) is 2.59. The Labute approximate surface area is 117 Å². The van der Waals surface area contributed by atoms with Gasteiger partial charge in [-0.2, -0.15) is 0 Å². The van der Waals surface area contributed by atoms with Crippen molar-refractivity contribution in [2.75, 3.05) is 30.9 Å². The van der Waals surface area contributed by atoms with E-state index in [4.69, 9.17) is 15.2 Å². The van der Waals surface area contributed by atoms with E-state index in [-0.39, 0.29) is 12.8 Å². The average molecular weight is 277 g/mol. The number of hydrogen-bond donors (Lipinski definition) is 2. The highest BCUT2D eigenvalue weighted by molar-refractivity contribution is 5.93. The molecule has 0 aliphatic carbocycles. The van der Waals surface area contributed by atoms with Crippen LogP contribution in [0.25, 0.3) is 0 Å². The van der Waals surface area contributed by atoms with Gasteiger partial charge >= 0.3 is 6.03 Å². The summed E-state index contributed by atoms with van der Waals surface area (Å²) in [6.07, 6.45) is 4.50. The monoisotopic (exact) mass is 277 g/mol. The Kier molecular flexibility index (Phi) is 3.54. The molecule has 20 heavy (non-hydrogen) atoms. The normalized spacial score (nSPS) is 17.7. The van der Waals surface area contributed by atoms with Crippen molar-refractivity contribution in [1.82, 2.24) is 4.90 Å². The van der Waals surface area contributed by atoms with Crippen molar-refractivity contribution < 1.29 is 14.3 Å². The Morgan fingerprint density at radius 3 is 2.45 bits per heavy atom. The van der Waals surface area contributed by atoms with Crippen molar-refractivity contribution >= 4 is 17.4 Å². The first-order valence-corrected chi connectivity index (χ1v) is 6.99. The summed E-state index contributed by atoms with van der Waals surface area (Å²) in [5.74, 6) is 1.24. The molecule has 6 heteroatoms. The van der Waals surface area contributed by atoms with Gasteiger partial charge < -0.3 is 25.4 Å². The summed E-state index contributed by atoms with van der Waals surface area (Å²) in [6, 6.07) is 3.30. The number of nitrogens with one attached hydrogen (secondary N) is 1. The molecular formula is C14H19N3O3. The number of rotatable bonds is 1. The molecule has 108 valence electrons. The first-order valence-electron chi connectivity index (χ1n) is 6.99. The first kappa shape index (κ1) is 12.9. The molecule has 0 atom stereocenters. The molecule has 2 aliphatic rings. The number of likely N-dealkylation sites (tertiary alicyclic amines) is 1. The number of nitrogens with two attached hydrogens (primary N) is 1. The minimum Gasteiger partial charge on any atom is -0.454 e. The van der Waals surface area contributed by atoms with E-state index in [1.54, 1.807) is 12.1 Å². The second kappa shape index (κ2) is 5.48. The van der Waals surface area contributed by atoms with Crippen molar-refractivity contribution in [1.29, 1.82) is 0 Å². The molecule has 3 rings (SSSR count). The summed E-state index contributed by atoms with van der Waals surface area (Å²) < 4.78 is 10.5. The zero-order chi connectivity index (χ0) is 13.9. The number of fused-ring (bicyclic) bond motifs is 1. The van der Waals surface area contributed by atoms with Gasteiger partial charge in [0.2, 0.25) is 6.79 Å². The third-order valence-corrected chi connectivity index (χ3v) is 3.68. The quantitative estimate of drug-likeness (QED) is 0.773. The highest BCUT2D eigenvalue weighted by atomic mass is 16.7. The van der Waals surface area contributed by atoms with Crippen LogP contribution in [0.15, 0.2) is 12.1 Å². The molecule has 0 saturated carbocycles. The highest BCUT2D eigenvalue weighted by Gasteiger charge is 2.20. The summed E-state index contributed by atoms with van der Waals surface area (Å²) >= 11 is 0. The molecule has 1 fully saturated rings. The minimum atomic E-state index is -0.0996. The average Bonchev–Trinajstić information content (AvgIpc) is 2.72. The number of ether oxygens (including phenoxy) is 2. The van der Waals surface area contributed by atoms with E-state index in [0.29, 0.717) is 22.9 Å². The number of carbonyl (C=O) groups excluding carboxylic acids is 1. The molecule has 0 unspecified atom stereocenters. The molecule has 1 aromatic rings. The number of carbonyl (C=O) groups is 1.